The number of urea groups is 1. The van der Waals surface area contributed by atoms with E-state index in [1.807, 2.05) is 19.9 Å². The zero-order valence-electron chi connectivity index (χ0n) is 16.8. The van der Waals surface area contributed by atoms with E-state index >= 15 is 0 Å². The number of carbonyl (C=O) groups is 1. The zero-order valence-corrected chi connectivity index (χ0v) is 16.8. The van der Waals surface area contributed by atoms with Gasteiger partial charge in [-0.25, -0.2) is 13.9 Å². The van der Waals surface area contributed by atoms with Crippen molar-refractivity contribution in [3.8, 4) is 17.4 Å². The van der Waals surface area contributed by atoms with Crippen LogP contribution in [-0.4, -0.2) is 26.0 Å². The molecule has 0 spiro atoms. The molecule has 156 valence electrons. The largest absolute Gasteiger partial charge is 0.438 e. The second-order valence-electron chi connectivity index (χ2n) is 6.78. The molecule has 0 aliphatic carbocycles. The molecule has 2 amide bonds. The van der Waals surface area contributed by atoms with Crippen molar-refractivity contribution < 1.29 is 13.9 Å². The molecule has 0 saturated carbocycles. The van der Waals surface area contributed by atoms with E-state index in [-0.39, 0.29) is 0 Å². The highest BCUT2D eigenvalue weighted by Gasteiger charge is 2.08. The lowest BCUT2D eigenvalue weighted by Gasteiger charge is -2.09. The van der Waals surface area contributed by atoms with Gasteiger partial charge in [0, 0.05) is 23.1 Å². The molecule has 0 bridgehead atoms. The number of carbonyl (C=O) groups excluding carboxylic acids is 1. The van der Waals surface area contributed by atoms with Gasteiger partial charge in [-0.3, -0.25) is 0 Å². The van der Waals surface area contributed by atoms with Crippen LogP contribution in [0.4, 0.5) is 20.6 Å². The van der Waals surface area contributed by atoms with E-state index in [1.54, 1.807) is 47.1 Å². The van der Waals surface area contributed by atoms with Crippen LogP contribution in [0.3, 0.4) is 0 Å². The summed E-state index contributed by atoms with van der Waals surface area (Å²) in [5.41, 5.74) is 2.77. The highest BCUT2D eigenvalue weighted by Crippen LogP contribution is 2.22. The van der Waals surface area contributed by atoms with Crippen molar-refractivity contribution in [1.82, 2.24) is 20.0 Å². The van der Waals surface area contributed by atoms with Crippen LogP contribution in [-0.2, 0) is 0 Å². The first-order valence-electron chi connectivity index (χ1n) is 9.45. The van der Waals surface area contributed by atoms with Gasteiger partial charge in [-0.05, 0) is 68.4 Å². The van der Waals surface area contributed by atoms with Gasteiger partial charge < -0.3 is 15.4 Å². The topological polar surface area (TPSA) is 94.0 Å². The third-order valence-electron chi connectivity index (χ3n) is 4.27. The van der Waals surface area contributed by atoms with Crippen LogP contribution in [0.2, 0.25) is 0 Å². The Balaban J connectivity index is 1.36. The molecule has 2 aromatic carbocycles. The van der Waals surface area contributed by atoms with Crippen LogP contribution in [0.1, 0.15) is 11.4 Å². The quantitative estimate of drug-likeness (QED) is 0.483. The molecule has 4 rings (SSSR count). The Kier molecular flexibility index (Phi) is 5.57. The fourth-order valence-corrected chi connectivity index (χ4v) is 2.93. The minimum absolute atomic E-state index is 0.329. The fourth-order valence-electron chi connectivity index (χ4n) is 2.93. The fraction of sp³-hybridized carbons (Fsp3) is 0.0909. The number of aromatic nitrogens is 4. The number of nitrogens with zero attached hydrogens (tertiary/aromatic N) is 4. The molecule has 4 aromatic rings. The third-order valence-corrected chi connectivity index (χ3v) is 4.27. The molecule has 0 saturated heterocycles. The number of hydrogen-bond acceptors (Lipinski definition) is 5. The first kappa shape index (κ1) is 20.0. The molecule has 0 atom stereocenters. The van der Waals surface area contributed by atoms with Crippen molar-refractivity contribution in [1.29, 1.82) is 0 Å². The molecule has 0 unspecified atom stereocenters. The van der Waals surface area contributed by atoms with Crippen LogP contribution in [0.5, 0.6) is 11.6 Å². The summed E-state index contributed by atoms with van der Waals surface area (Å²) in [6, 6.07) is 17.3. The molecular formula is C22H19FN6O2. The maximum Gasteiger partial charge on any atom is 0.323 e. The number of ether oxygens (including phenoxy) is 1. The lowest BCUT2D eigenvalue weighted by Crippen LogP contribution is -2.19. The average Bonchev–Trinajstić information content (AvgIpc) is 3.08. The summed E-state index contributed by atoms with van der Waals surface area (Å²) in [5.74, 6) is 1.03. The van der Waals surface area contributed by atoms with Gasteiger partial charge in [0.15, 0.2) is 5.82 Å². The van der Waals surface area contributed by atoms with Gasteiger partial charge in [0.05, 0.1) is 5.69 Å². The van der Waals surface area contributed by atoms with E-state index < -0.39 is 11.8 Å². The second kappa shape index (κ2) is 8.62. The summed E-state index contributed by atoms with van der Waals surface area (Å²) in [5, 5.41) is 17.8. The van der Waals surface area contributed by atoms with Gasteiger partial charge in [-0.15, -0.1) is 10.2 Å². The molecule has 2 N–H and O–H groups in total. The van der Waals surface area contributed by atoms with Crippen LogP contribution in [0, 0.1) is 19.7 Å². The summed E-state index contributed by atoms with van der Waals surface area (Å²) in [7, 11) is 0. The van der Waals surface area contributed by atoms with Gasteiger partial charge >= 0.3 is 6.03 Å². The molecule has 0 aliphatic heterocycles. The number of amides is 2. The van der Waals surface area contributed by atoms with Gasteiger partial charge in [0.25, 0.3) is 0 Å². The average molecular weight is 418 g/mol. The summed E-state index contributed by atoms with van der Waals surface area (Å²) in [6.45, 7) is 3.86. The zero-order chi connectivity index (χ0) is 21.8. The Hall–Kier alpha value is -4.27. The minimum Gasteiger partial charge on any atom is -0.438 e. The third kappa shape index (κ3) is 5.02. The van der Waals surface area contributed by atoms with Crippen molar-refractivity contribution in [3.05, 3.63) is 83.9 Å². The van der Waals surface area contributed by atoms with Crippen molar-refractivity contribution in [2.45, 2.75) is 13.8 Å². The predicted molar refractivity (Wildman–Crippen MR) is 114 cm³/mol. The maximum atomic E-state index is 13.2. The maximum absolute atomic E-state index is 13.2. The second-order valence-corrected chi connectivity index (χ2v) is 6.78. The molecule has 31 heavy (non-hydrogen) atoms. The summed E-state index contributed by atoms with van der Waals surface area (Å²) in [6.07, 6.45) is 0. The first-order chi connectivity index (χ1) is 15.0. The minimum atomic E-state index is -0.482. The van der Waals surface area contributed by atoms with E-state index in [9.17, 15) is 9.18 Å². The number of benzene rings is 2. The molecular weight excluding hydrogens is 399 g/mol. The van der Waals surface area contributed by atoms with E-state index in [2.05, 4.69) is 25.9 Å². The number of rotatable bonds is 5. The van der Waals surface area contributed by atoms with Crippen LogP contribution < -0.4 is 15.4 Å². The van der Waals surface area contributed by atoms with Crippen molar-refractivity contribution in [2.24, 2.45) is 0 Å². The van der Waals surface area contributed by atoms with Gasteiger partial charge in [-0.1, -0.05) is 6.07 Å². The number of nitrogens with one attached hydrogen (secondary N) is 2. The molecule has 9 heteroatoms. The van der Waals surface area contributed by atoms with Crippen LogP contribution >= 0.6 is 0 Å². The van der Waals surface area contributed by atoms with Crippen molar-refractivity contribution in [3.63, 3.8) is 0 Å². The van der Waals surface area contributed by atoms with Crippen LogP contribution in [0.15, 0.2) is 66.7 Å². The van der Waals surface area contributed by atoms with Crippen molar-refractivity contribution in [2.75, 3.05) is 10.6 Å². The first-order valence-corrected chi connectivity index (χ1v) is 9.45. The smallest absolute Gasteiger partial charge is 0.323 e. The van der Waals surface area contributed by atoms with Gasteiger partial charge in [-0.2, -0.15) is 5.10 Å². The van der Waals surface area contributed by atoms with E-state index in [1.165, 1.54) is 18.2 Å². The Morgan fingerprint density at radius 3 is 2.35 bits per heavy atom. The van der Waals surface area contributed by atoms with E-state index in [0.29, 0.717) is 28.8 Å². The molecule has 0 aliphatic rings. The number of anilines is 2. The standard InChI is InChI=1S/C22H19FN6O2/c1-14-12-15(2)29(28-14)20-10-11-21(27-26-20)31-19-8-6-17(7-9-19)24-22(30)25-18-5-3-4-16(23)13-18/h3-13H,1-2H3,(H2,24,25,30). The lowest BCUT2D eigenvalue weighted by molar-refractivity contribution is 0.262. The van der Waals surface area contributed by atoms with Gasteiger partial charge in [0.2, 0.25) is 5.88 Å². The summed E-state index contributed by atoms with van der Waals surface area (Å²) < 4.78 is 20.6. The highest BCUT2D eigenvalue weighted by molar-refractivity contribution is 5.99. The predicted octanol–water partition coefficient (Wildman–Crippen LogP) is 4.85. The van der Waals surface area contributed by atoms with E-state index in [4.69, 9.17) is 4.74 Å². The Bertz CT molecular complexity index is 1210. The Morgan fingerprint density at radius 2 is 1.71 bits per heavy atom. The number of hydrogen-bond donors (Lipinski definition) is 2. The molecule has 0 fully saturated rings. The lowest BCUT2D eigenvalue weighted by atomic mass is 10.3. The summed E-state index contributed by atoms with van der Waals surface area (Å²) >= 11 is 0. The molecule has 2 heterocycles. The molecule has 2 aromatic heterocycles. The monoisotopic (exact) mass is 418 g/mol. The summed E-state index contributed by atoms with van der Waals surface area (Å²) in [4.78, 5) is 12.0. The SMILES string of the molecule is Cc1cc(C)n(-c2ccc(Oc3ccc(NC(=O)Nc4cccc(F)c4)cc3)nn2)n1. The highest BCUT2D eigenvalue weighted by atomic mass is 19.1. The van der Waals surface area contributed by atoms with E-state index in [0.717, 1.165) is 11.4 Å². The normalized spacial score (nSPS) is 10.5. The Morgan fingerprint density at radius 1 is 0.935 bits per heavy atom. The molecule has 8 nitrogen and oxygen atoms in total. The Labute approximate surface area is 177 Å². The van der Waals surface area contributed by atoms with Gasteiger partial charge in [0.1, 0.15) is 11.6 Å². The van der Waals surface area contributed by atoms with Crippen molar-refractivity contribution >= 4 is 17.4 Å². The molecule has 0 radical (unpaired) electrons. The number of aryl methyl sites for hydroxylation is 2. The number of halogens is 1. The van der Waals surface area contributed by atoms with Crippen LogP contribution in [0.25, 0.3) is 5.82 Å².